The molecule has 12 heterocycles. The van der Waals surface area contributed by atoms with E-state index in [1.54, 1.807) is 0 Å². The van der Waals surface area contributed by atoms with Crippen molar-refractivity contribution < 1.29 is 138 Å². The first-order valence-electron chi connectivity index (χ1n) is 48.4. The van der Waals surface area contributed by atoms with E-state index in [4.69, 9.17) is 47.8 Å². The van der Waals surface area contributed by atoms with Crippen LogP contribution in [0.15, 0.2) is 296 Å². The summed E-state index contributed by atoms with van der Waals surface area (Å²) in [6.07, 6.45) is 12.1. The van der Waals surface area contributed by atoms with Gasteiger partial charge in [-0.25, -0.2) is 19.9 Å². The summed E-state index contributed by atoms with van der Waals surface area (Å²) < 4.78 is 24.3. The second-order valence-corrected chi connectivity index (χ2v) is 35.3. The molecule has 24 heteroatoms. The Hall–Kier alpha value is -13.4. The summed E-state index contributed by atoms with van der Waals surface area (Å²) in [5.41, 5.74) is 22.5. The van der Waals surface area contributed by atoms with Crippen LogP contribution in [0.25, 0.3) is 177 Å². The summed E-state index contributed by atoms with van der Waals surface area (Å²) >= 11 is 0. The quantitative estimate of drug-likeness (QED) is 0.0313. The number of benzene rings is 8. The van der Waals surface area contributed by atoms with Gasteiger partial charge in [0.2, 0.25) is 22.9 Å². The number of aliphatic hydroxyl groups is 4. The maximum absolute atomic E-state index is 11.7. The molecule has 20 rings (SSSR count). The zero-order valence-corrected chi connectivity index (χ0v) is 94.8. The van der Waals surface area contributed by atoms with Crippen molar-refractivity contribution in [1.29, 1.82) is 0 Å². The SMILES string of the molecule is CC(=O)C=C(C)O.CC(=O)C=C(C)O.CCC(CC)C(=O)C=C(O)C(CC)CC.CCC(CC)C(=O)C=C(O)C(CC)CC.Cc1[c-]c(-c2ccc3ccccc3n2)c2oc3nc(C)ccc3c2c1.Cc1[c-]c(-c2ccc3ccccc3n2)c2oc3nc(C)ccc3c2c1.Cc1ccc2c(n1)oc1c(-c3ccc4ccccc4n3)[c-]ccc12.Cc1ccc2c(n1)oc1c(-c3ccc4ccccc4n3)[c-]ccc12.[Ir].[Ir].[Ir].[Ir]. The molecule has 0 fully saturated rings. The van der Waals surface area contributed by atoms with Gasteiger partial charge in [-0.2, -0.15) is 0 Å². The number of nitrogens with zero attached hydrogens (tertiary/aromatic N) is 8. The zero-order valence-electron chi connectivity index (χ0n) is 85.2. The summed E-state index contributed by atoms with van der Waals surface area (Å²) in [6, 6.07) is 90.6. The van der Waals surface area contributed by atoms with Crippen LogP contribution in [0.1, 0.15) is 168 Å². The molecular formula is C122H120Ir4N8O12-4. The summed E-state index contributed by atoms with van der Waals surface area (Å²) in [5, 5.41) is 49.0. The topological polar surface area (TPSA) is 305 Å². The monoisotopic (exact) mass is 2660 g/mol. The van der Waals surface area contributed by atoms with Gasteiger partial charge in [0.05, 0.1) is 67.4 Å². The molecule has 12 aromatic heterocycles. The number of carbonyl (C=O) groups excluding carboxylic acids is 4. The van der Waals surface area contributed by atoms with E-state index in [1.807, 2.05) is 243 Å². The predicted octanol–water partition coefficient (Wildman–Crippen LogP) is 31.6. The summed E-state index contributed by atoms with van der Waals surface area (Å²) in [6.45, 7) is 33.8. The third kappa shape index (κ3) is 29.1. The van der Waals surface area contributed by atoms with Crippen LogP contribution in [0.4, 0.5) is 0 Å². The number of carbonyl (C=O) groups is 4. The molecule has 146 heavy (non-hydrogen) atoms. The molecule has 20 nitrogen and oxygen atoms in total. The Morgan fingerprint density at radius 1 is 0.288 bits per heavy atom. The van der Waals surface area contributed by atoms with Crippen molar-refractivity contribution in [2.75, 3.05) is 0 Å². The largest absolute Gasteiger partial charge is 0.512 e. The summed E-state index contributed by atoms with van der Waals surface area (Å²) in [4.78, 5) is 80.7. The molecule has 20 aromatic rings. The van der Waals surface area contributed by atoms with E-state index >= 15 is 0 Å². The van der Waals surface area contributed by atoms with E-state index in [0.29, 0.717) is 22.9 Å². The van der Waals surface area contributed by atoms with Gasteiger partial charge in [-0.15, -0.1) is 71.8 Å². The Bertz CT molecular complexity index is 7640. The van der Waals surface area contributed by atoms with E-state index in [0.717, 1.165) is 239 Å². The molecule has 0 unspecified atom stereocenters. The molecule has 4 radical (unpaired) electrons. The molecule has 0 aliphatic rings. The molecule has 760 valence electrons. The van der Waals surface area contributed by atoms with Crippen LogP contribution < -0.4 is 0 Å². The molecule has 8 aromatic carbocycles. The Kier molecular flexibility index (Phi) is 43.5. The van der Waals surface area contributed by atoms with E-state index in [1.165, 1.54) is 52.0 Å². The number of aryl methyl sites for hydroxylation is 6. The Labute approximate surface area is 905 Å². The Balaban J connectivity index is 0.000000191. The van der Waals surface area contributed by atoms with E-state index < -0.39 is 0 Å². The number of fused-ring (bicyclic) bond motifs is 16. The van der Waals surface area contributed by atoms with Gasteiger partial charge in [-0.1, -0.05) is 234 Å². The molecule has 0 aliphatic carbocycles. The average Bonchev–Trinajstić information content (AvgIpc) is 1.62. The predicted molar refractivity (Wildman–Crippen MR) is 575 cm³/mol. The number of rotatable bonds is 20. The molecular weight excluding hydrogens is 2540 g/mol. The molecule has 0 atom stereocenters. The van der Waals surface area contributed by atoms with Crippen LogP contribution in [0, 0.1) is 89.5 Å². The van der Waals surface area contributed by atoms with Gasteiger partial charge in [-0.05, 0) is 224 Å². The van der Waals surface area contributed by atoms with Gasteiger partial charge in [0, 0.05) is 173 Å². The minimum Gasteiger partial charge on any atom is -0.512 e. The van der Waals surface area contributed by atoms with Gasteiger partial charge >= 0.3 is 0 Å². The van der Waals surface area contributed by atoms with Gasteiger partial charge in [-0.3, -0.25) is 39.1 Å². The maximum atomic E-state index is 11.7. The molecule has 0 aliphatic heterocycles. The van der Waals surface area contributed by atoms with Gasteiger partial charge in [0.25, 0.3) is 0 Å². The number of pyridine rings is 8. The van der Waals surface area contributed by atoms with Crippen molar-refractivity contribution >= 4 is 155 Å². The third-order valence-corrected chi connectivity index (χ3v) is 24.6. The number of hydrogen-bond donors (Lipinski definition) is 4. The number of furan rings is 4. The number of allylic oxidation sites excluding steroid dienone is 8. The van der Waals surface area contributed by atoms with Crippen LogP contribution in [0.5, 0.6) is 0 Å². The van der Waals surface area contributed by atoms with Gasteiger partial charge in [0.15, 0.2) is 23.1 Å². The fourth-order valence-corrected chi connectivity index (χ4v) is 17.0. The van der Waals surface area contributed by atoms with Crippen molar-refractivity contribution in [3.8, 4) is 45.0 Å². The van der Waals surface area contributed by atoms with Crippen molar-refractivity contribution in [2.45, 2.75) is 176 Å². The number of aromatic nitrogens is 8. The molecule has 0 spiro atoms. The Morgan fingerprint density at radius 2 is 0.534 bits per heavy atom. The van der Waals surface area contributed by atoms with E-state index in [9.17, 15) is 29.4 Å². The number of para-hydroxylation sites is 4. The minimum absolute atomic E-state index is 0. The second kappa shape index (κ2) is 54.7. The standard InChI is InChI=1S/2C22H15N2O.2C21H13N2O.2C13H24O2.2C5H8O2.4Ir/c2*1-13-11-17-16-9-7-14(2)23-22(16)25-21(17)18(12-13)20-10-8-15-5-3-4-6-19(15)24-20;2*1-13-9-11-16-15-6-4-7-17(20(15)24-21(16)22-13)19-12-10-14-5-2-3-8-18(14)23-19;2*1-5-10(6-2)12(14)9-13(15)11(7-3)8-4;2*1-4(6)3-5(2)7;;;;/h2*3-11H,1-2H3;2*2-6,8-12H,1H3;2*9-11,14H,5-8H2,1-4H3;2*3,6H,1-2H3;;;;/q4*-1;;;;;;;;. The van der Waals surface area contributed by atoms with Crippen LogP contribution >= 0.6 is 0 Å². The number of aliphatic hydroxyl groups excluding tert-OH is 4. The Morgan fingerprint density at radius 3 is 0.781 bits per heavy atom. The van der Waals surface area contributed by atoms with Crippen LogP contribution in [0.3, 0.4) is 0 Å². The maximum Gasteiger partial charge on any atom is 0.216 e. The normalized spacial score (nSPS) is 11.4. The first-order chi connectivity index (χ1) is 68.4. The molecule has 0 saturated carbocycles. The van der Waals surface area contributed by atoms with E-state index in [-0.39, 0.29) is 150 Å². The second-order valence-electron chi connectivity index (χ2n) is 35.3. The van der Waals surface area contributed by atoms with Gasteiger partial charge < -0.3 is 38.1 Å². The summed E-state index contributed by atoms with van der Waals surface area (Å²) in [7, 11) is 0. The zero-order chi connectivity index (χ0) is 102. The van der Waals surface area contributed by atoms with Crippen LogP contribution in [-0.4, -0.2) is 83.4 Å². The number of hydrogen-bond acceptors (Lipinski definition) is 20. The minimum atomic E-state index is -0.125. The smallest absolute Gasteiger partial charge is 0.216 e. The van der Waals surface area contributed by atoms with Crippen LogP contribution in [0.2, 0.25) is 0 Å². The average molecular weight is 2660 g/mol. The van der Waals surface area contributed by atoms with Crippen molar-refractivity contribution in [1.82, 2.24) is 39.9 Å². The van der Waals surface area contributed by atoms with Crippen molar-refractivity contribution in [3.05, 3.63) is 336 Å². The number of ketones is 4. The molecule has 0 amide bonds. The summed E-state index contributed by atoms with van der Waals surface area (Å²) in [5.74, 6) is 0.970. The van der Waals surface area contributed by atoms with Crippen LogP contribution in [-0.2, 0) is 99.6 Å². The molecule has 4 N–H and O–H groups in total. The first kappa shape index (κ1) is 116. The first-order valence-corrected chi connectivity index (χ1v) is 48.4. The molecule has 0 bridgehead atoms. The molecule has 0 saturated heterocycles. The third-order valence-electron chi connectivity index (χ3n) is 24.6. The van der Waals surface area contributed by atoms with Gasteiger partial charge in [0.1, 0.15) is 0 Å². The van der Waals surface area contributed by atoms with E-state index in [2.05, 4.69) is 129 Å². The van der Waals surface area contributed by atoms with Crippen molar-refractivity contribution in [3.63, 3.8) is 0 Å². The van der Waals surface area contributed by atoms with Crippen molar-refractivity contribution in [2.24, 2.45) is 23.7 Å². The fourth-order valence-electron chi connectivity index (χ4n) is 17.0. The fraction of sp³-hybridized carbons (Fsp3) is 0.246.